The molecule has 0 bridgehead atoms. The van der Waals surface area contributed by atoms with E-state index in [0.29, 0.717) is 0 Å². The van der Waals surface area contributed by atoms with Gasteiger partial charge in [0, 0.05) is 6.42 Å². The lowest BCUT2D eigenvalue weighted by Crippen LogP contribution is -2.66. The van der Waals surface area contributed by atoms with Crippen molar-refractivity contribution in [3.63, 3.8) is 0 Å². The van der Waals surface area contributed by atoms with Crippen molar-refractivity contribution in [2.45, 2.75) is 63.8 Å². The molecule has 0 heterocycles. The lowest BCUT2D eigenvalue weighted by Gasteiger charge is -2.39. The van der Waals surface area contributed by atoms with Crippen LogP contribution < -0.4 is 5.73 Å². The first-order valence-corrected chi connectivity index (χ1v) is 5.59. The molecule has 0 aromatic rings. The van der Waals surface area contributed by atoms with E-state index in [-0.39, 0.29) is 26.2 Å². The smallest absolute Gasteiger partial charge is 0.294 e. The zero-order valence-corrected chi connectivity index (χ0v) is 10.8. The van der Waals surface area contributed by atoms with Crippen LogP contribution in [0.1, 0.15) is 40.5 Å². The fraction of sp³-hybridized carbons (Fsp3) is 1.00. The SMILES string of the molecule is CC(C)CCC(N)(F)C(F)(F)C(F)(F)C(C)(C)F. The van der Waals surface area contributed by atoms with Gasteiger partial charge in [0.15, 0.2) is 5.67 Å². The van der Waals surface area contributed by atoms with Gasteiger partial charge in [-0.15, -0.1) is 0 Å². The fourth-order valence-corrected chi connectivity index (χ4v) is 1.29. The van der Waals surface area contributed by atoms with Crippen LogP contribution in [0.2, 0.25) is 0 Å². The van der Waals surface area contributed by atoms with Crippen molar-refractivity contribution in [3.8, 4) is 0 Å². The van der Waals surface area contributed by atoms with Gasteiger partial charge in [0.1, 0.15) is 0 Å². The summed E-state index contributed by atoms with van der Waals surface area (Å²) in [5.41, 5.74) is 1.08. The second-order valence-corrected chi connectivity index (χ2v) is 5.42. The van der Waals surface area contributed by atoms with Crippen LogP contribution >= 0.6 is 0 Å². The molecule has 1 nitrogen and oxygen atoms in total. The number of halogens is 6. The van der Waals surface area contributed by atoms with Crippen molar-refractivity contribution in [2.75, 3.05) is 0 Å². The summed E-state index contributed by atoms with van der Waals surface area (Å²) < 4.78 is 80.2. The van der Waals surface area contributed by atoms with E-state index < -0.39 is 29.7 Å². The molecule has 0 saturated carbocycles. The highest BCUT2D eigenvalue weighted by Crippen LogP contribution is 2.50. The molecule has 0 rings (SSSR count). The van der Waals surface area contributed by atoms with Crippen molar-refractivity contribution in [3.05, 3.63) is 0 Å². The minimum absolute atomic E-state index is 0.106. The molecule has 1 atom stereocenters. The Balaban J connectivity index is 5.23. The summed E-state index contributed by atoms with van der Waals surface area (Å²) in [5, 5.41) is 0. The molecule has 0 aromatic carbocycles. The molecule has 0 aliphatic carbocycles. The summed E-state index contributed by atoms with van der Waals surface area (Å²) in [4.78, 5) is 0. The quantitative estimate of drug-likeness (QED) is 0.575. The number of hydrogen-bond acceptors (Lipinski definition) is 1. The van der Waals surface area contributed by atoms with Crippen LogP contribution in [-0.4, -0.2) is 23.3 Å². The second-order valence-electron chi connectivity index (χ2n) is 5.42. The van der Waals surface area contributed by atoms with Gasteiger partial charge < -0.3 is 0 Å². The van der Waals surface area contributed by atoms with Gasteiger partial charge in [-0.05, 0) is 26.2 Å². The molecular formula is C11H19F6N. The zero-order chi connectivity index (χ0) is 15.0. The Morgan fingerprint density at radius 3 is 1.56 bits per heavy atom. The van der Waals surface area contributed by atoms with E-state index in [1.807, 2.05) is 0 Å². The van der Waals surface area contributed by atoms with E-state index in [2.05, 4.69) is 5.73 Å². The molecule has 7 heteroatoms. The summed E-state index contributed by atoms with van der Waals surface area (Å²) in [7, 11) is 0. The number of rotatable bonds is 6. The maximum absolute atomic E-state index is 13.6. The summed E-state index contributed by atoms with van der Waals surface area (Å²) in [6, 6.07) is 0. The molecule has 1 unspecified atom stereocenters. The van der Waals surface area contributed by atoms with Gasteiger partial charge in [-0.25, -0.2) is 8.78 Å². The third-order valence-electron chi connectivity index (χ3n) is 2.75. The van der Waals surface area contributed by atoms with Crippen LogP contribution in [0, 0.1) is 5.92 Å². The van der Waals surface area contributed by atoms with Crippen molar-refractivity contribution < 1.29 is 26.3 Å². The average Bonchev–Trinajstić information content (AvgIpc) is 2.12. The normalized spacial score (nSPS) is 18.0. The van der Waals surface area contributed by atoms with Gasteiger partial charge in [0.25, 0.3) is 0 Å². The minimum Gasteiger partial charge on any atom is -0.294 e. The lowest BCUT2D eigenvalue weighted by atomic mass is 9.87. The first kappa shape index (κ1) is 17.5. The number of alkyl halides is 6. The molecule has 0 saturated heterocycles. The fourth-order valence-electron chi connectivity index (χ4n) is 1.29. The Kier molecular flexibility index (Phi) is 4.78. The molecule has 0 radical (unpaired) electrons. The average molecular weight is 279 g/mol. The molecule has 0 aromatic heterocycles. The maximum Gasteiger partial charge on any atom is 0.359 e. The molecule has 0 aliphatic rings. The summed E-state index contributed by atoms with van der Waals surface area (Å²) in [5.74, 6) is -14.6. The zero-order valence-electron chi connectivity index (χ0n) is 10.8. The van der Waals surface area contributed by atoms with Crippen molar-refractivity contribution in [2.24, 2.45) is 11.7 Å². The van der Waals surface area contributed by atoms with Gasteiger partial charge >= 0.3 is 11.8 Å². The van der Waals surface area contributed by atoms with Crippen LogP contribution in [0.4, 0.5) is 26.3 Å². The molecule has 0 aliphatic heterocycles. The summed E-state index contributed by atoms with van der Waals surface area (Å²) >= 11 is 0. The minimum atomic E-state index is -5.28. The highest BCUT2D eigenvalue weighted by atomic mass is 19.3. The second kappa shape index (κ2) is 4.90. The predicted molar refractivity (Wildman–Crippen MR) is 57.2 cm³/mol. The first-order valence-electron chi connectivity index (χ1n) is 5.59. The highest BCUT2D eigenvalue weighted by Gasteiger charge is 2.74. The van der Waals surface area contributed by atoms with Crippen molar-refractivity contribution in [1.82, 2.24) is 0 Å². The largest absolute Gasteiger partial charge is 0.359 e. The van der Waals surface area contributed by atoms with Gasteiger partial charge in [0.2, 0.25) is 5.79 Å². The van der Waals surface area contributed by atoms with Crippen LogP contribution in [0.5, 0.6) is 0 Å². The van der Waals surface area contributed by atoms with E-state index >= 15 is 0 Å². The van der Waals surface area contributed by atoms with Crippen LogP contribution in [0.15, 0.2) is 0 Å². The molecule has 0 fully saturated rings. The third kappa shape index (κ3) is 3.10. The monoisotopic (exact) mass is 279 g/mol. The first-order chi connectivity index (χ1) is 7.67. The summed E-state index contributed by atoms with van der Waals surface area (Å²) in [6.07, 6.45) is -1.07. The van der Waals surface area contributed by atoms with Crippen LogP contribution in [0.3, 0.4) is 0 Å². The van der Waals surface area contributed by atoms with Crippen molar-refractivity contribution >= 4 is 0 Å². The van der Waals surface area contributed by atoms with Crippen LogP contribution in [-0.2, 0) is 0 Å². The van der Waals surface area contributed by atoms with Crippen LogP contribution in [0.25, 0.3) is 0 Å². The third-order valence-corrected chi connectivity index (χ3v) is 2.75. The molecule has 0 spiro atoms. The Morgan fingerprint density at radius 2 is 1.28 bits per heavy atom. The standard InChI is InChI=1S/C11H19F6N/c1-7(2)5-6-9(13,18)11(16,17)10(14,15)8(3,4)12/h7H,5-6,18H2,1-4H3. The van der Waals surface area contributed by atoms with Gasteiger partial charge in [0.05, 0.1) is 0 Å². The number of nitrogens with two attached hydrogens (primary N) is 1. The lowest BCUT2D eigenvalue weighted by molar-refractivity contribution is -0.310. The Morgan fingerprint density at radius 1 is 0.889 bits per heavy atom. The predicted octanol–water partition coefficient (Wildman–Crippen LogP) is 4.07. The van der Waals surface area contributed by atoms with Gasteiger partial charge in [-0.3, -0.25) is 5.73 Å². The van der Waals surface area contributed by atoms with E-state index in [1.165, 1.54) is 0 Å². The Bertz CT molecular complexity index is 280. The van der Waals surface area contributed by atoms with E-state index in [4.69, 9.17) is 0 Å². The van der Waals surface area contributed by atoms with Gasteiger partial charge in [-0.1, -0.05) is 13.8 Å². The summed E-state index contributed by atoms with van der Waals surface area (Å²) in [6.45, 7) is 3.73. The topological polar surface area (TPSA) is 26.0 Å². The Labute approximate surface area is 103 Å². The van der Waals surface area contributed by atoms with Gasteiger partial charge in [-0.2, -0.15) is 17.6 Å². The van der Waals surface area contributed by atoms with E-state index in [0.717, 1.165) is 0 Å². The maximum atomic E-state index is 13.6. The Hall–Kier alpha value is -0.460. The molecule has 110 valence electrons. The highest BCUT2D eigenvalue weighted by molar-refractivity contribution is 5.05. The molecule has 18 heavy (non-hydrogen) atoms. The number of hydrogen-bond donors (Lipinski definition) is 1. The van der Waals surface area contributed by atoms with E-state index in [1.54, 1.807) is 13.8 Å². The van der Waals surface area contributed by atoms with Crippen molar-refractivity contribution in [1.29, 1.82) is 0 Å². The molecular weight excluding hydrogens is 260 g/mol. The molecule has 0 amide bonds. The molecule has 2 N–H and O–H groups in total. The van der Waals surface area contributed by atoms with E-state index in [9.17, 15) is 26.3 Å².